The van der Waals surface area contributed by atoms with E-state index in [1.54, 1.807) is 0 Å². The van der Waals surface area contributed by atoms with Crippen molar-refractivity contribution in [2.75, 3.05) is 19.7 Å². The van der Waals surface area contributed by atoms with E-state index < -0.39 is 0 Å². The molecule has 1 fully saturated rings. The van der Waals surface area contributed by atoms with Gasteiger partial charge in [0.15, 0.2) is 5.78 Å². The largest absolute Gasteiger partial charge is 0.492 e. The third kappa shape index (κ3) is 1.95. The molecule has 1 aromatic carbocycles. The summed E-state index contributed by atoms with van der Waals surface area (Å²) in [5.41, 5.74) is 1.98. The Balaban J connectivity index is 1.88. The molecule has 2 aliphatic rings. The molecule has 3 heteroatoms. The zero-order chi connectivity index (χ0) is 11.7. The smallest absolute Gasteiger partial charge is 0.169 e. The van der Waals surface area contributed by atoms with Crippen LogP contribution in [-0.4, -0.2) is 25.5 Å². The standard InChI is InChI=1S/C14H17NO2/c16-13(10-4-7-15-8-5-10)12-3-1-2-11-6-9-17-14(11)12/h1-3,10,15H,4-9H2. The van der Waals surface area contributed by atoms with Gasteiger partial charge in [-0.25, -0.2) is 0 Å². The maximum Gasteiger partial charge on any atom is 0.169 e. The number of Topliss-reactive ketones (excluding diaryl/α,β-unsaturated/α-hetero) is 1. The lowest BCUT2D eigenvalue weighted by Crippen LogP contribution is -2.32. The summed E-state index contributed by atoms with van der Waals surface area (Å²) in [4.78, 5) is 12.5. The Bertz CT molecular complexity index is 436. The summed E-state index contributed by atoms with van der Waals surface area (Å²) in [6.07, 6.45) is 2.83. The number of carbonyl (C=O) groups excluding carboxylic acids is 1. The molecule has 0 spiro atoms. The van der Waals surface area contributed by atoms with Crippen LogP contribution in [0.25, 0.3) is 0 Å². The molecule has 0 bridgehead atoms. The van der Waals surface area contributed by atoms with Gasteiger partial charge in [0, 0.05) is 12.3 Å². The number of hydrogen-bond acceptors (Lipinski definition) is 3. The number of ketones is 1. The zero-order valence-electron chi connectivity index (χ0n) is 9.87. The lowest BCUT2D eigenvalue weighted by atomic mass is 9.88. The Morgan fingerprint density at radius 3 is 2.94 bits per heavy atom. The van der Waals surface area contributed by atoms with Crippen molar-refractivity contribution in [1.29, 1.82) is 0 Å². The van der Waals surface area contributed by atoms with Gasteiger partial charge in [0.25, 0.3) is 0 Å². The lowest BCUT2D eigenvalue weighted by molar-refractivity contribution is 0.0892. The van der Waals surface area contributed by atoms with E-state index in [-0.39, 0.29) is 11.7 Å². The van der Waals surface area contributed by atoms with Crippen molar-refractivity contribution in [2.45, 2.75) is 19.3 Å². The van der Waals surface area contributed by atoms with Gasteiger partial charge in [0.1, 0.15) is 5.75 Å². The maximum absolute atomic E-state index is 12.5. The van der Waals surface area contributed by atoms with Crippen LogP contribution in [0.4, 0.5) is 0 Å². The highest BCUT2D eigenvalue weighted by Gasteiger charge is 2.27. The number of carbonyl (C=O) groups is 1. The van der Waals surface area contributed by atoms with Gasteiger partial charge in [-0.3, -0.25) is 4.79 Å². The molecule has 90 valence electrons. The molecule has 3 nitrogen and oxygen atoms in total. The number of benzene rings is 1. The maximum atomic E-state index is 12.5. The number of para-hydroxylation sites is 1. The number of piperidine rings is 1. The van der Waals surface area contributed by atoms with Crippen molar-refractivity contribution in [3.05, 3.63) is 29.3 Å². The molecule has 0 amide bonds. The molecule has 0 atom stereocenters. The van der Waals surface area contributed by atoms with Crippen LogP contribution < -0.4 is 10.1 Å². The molecule has 0 radical (unpaired) electrons. The highest BCUT2D eigenvalue weighted by atomic mass is 16.5. The Kier molecular flexibility index (Phi) is 2.85. The van der Waals surface area contributed by atoms with Crippen molar-refractivity contribution in [1.82, 2.24) is 5.32 Å². The van der Waals surface area contributed by atoms with Crippen LogP contribution in [0.5, 0.6) is 5.75 Å². The second-order valence-corrected chi connectivity index (χ2v) is 4.78. The zero-order valence-corrected chi connectivity index (χ0v) is 9.87. The summed E-state index contributed by atoms with van der Waals surface area (Å²) in [7, 11) is 0. The number of hydrogen-bond donors (Lipinski definition) is 1. The number of ether oxygens (including phenoxy) is 1. The van der Waals surface area contributed by atoms with Crippen LogP contribution in [0.1, 0.15) is 28.8 Å². The summed E-state index contributed by atoms with van der Waals surface area (Å²) in [5.74, 6) is 1.29. The molecule has 2 heterocycles. The van der Waals surface area contributed by atoms with Crippen molar-refractivity contribution in [3.63, 3.8) is 0 Å². The van der Waals surface area contributed by atoms with Crippen molar-refractivity contribution in [3.8, 4) is 5.75 Å². The average molecular weight is 231 g/mol. The van der Waals surface area contributed by atoms with E-state index >= 15 is 0 Å². The van der Waals surface area contributed by atoms with Crippen LogP contribution in [0.3, 0.4) is 0 Å². The first-order chi connectivity index (χ1) is 8.36. The van der Waals surface area contributed by atoms with Crippen LogP contribution in [0, 0.1) is 5.92 Å². The topological polar surface area (TPSA) is 38.3 Å². The Labute approximate surface area is 101 Å². The third-order valence-corrected chi connectivity index (χ3v) is 3.69. The summed E-state index contributed by atoms with van der Waals surface area (Å²) in [6, 6.07) is 5.94. The van der Waals surface area contributed by atoms with E-state index in [1.165, 1.54) is 5.56 Å². The predicted molar refractivity (Wildman–Crippen MR) is 65.6 cm³/mol. The second-order valence-electron chi connectivity index (χ2n) is 4.78. The van der Waals surface area contributed by atoms with Crippen LogP contribution in [-0.2, 0) is 6.42 Å². The minimum absolute atomic E-state index is 0.173. The second kappa shape index (κ2) is 4.49. The fraction of sp³-hybridized carbons (Fsp3) is 0.500. The molecule has 1 aromatic rings. The van der Waals surface area contributed by atoms with Crippen LogP contribution >= 0.6 is 0 Å². The fourth-order valence-corrected chi connectivity index (χ4v) is 2.71. The third-order valence-electron chi connectivity index (χ3n) is 3.69. The van der Waals surface area contributed by atoms with E-state index in [4.69, 9.17) is 4.74 Å². The summed E-state index contributed by atoms with van der Waals surface area (Å²) >= 11 is 0. The van der Waals surface area contributed by atoms with Crippen molar-refractivity contribution in [2.24, 2.45) is 5.92 Å². The van der Waals surface area contributed by atoms with Crippen molar-refractivity contribution < 1.29 is 9.53 Å². The van der Waals surface area contributed by atoms with Crippen LogP contribution in [0.15, 0.2) is 18.2 Å². The van der Waals surface area contributed by atoms with Crippen LogP contribution in [0.2, 0.25) is 0 Å². The quantitative estimate of drug-likeness (QED) is 0.789. The molecule has 1 saturated heterocycles. The molecule has 1 N–H and O–H groups in total. The van der Waals surface area contributed by atoms with Gasteiger partial charge < -0.3 is 10.1 Å². The minimum atomic E-state index is 0.173. The first-order valence-electron chi connectivity index (χ1n) is 6.36. The predicted octanol–water partition coefficient (Wildman–Crippen LogP) is 1.80. The molecule has 0 aliphatic carbocycles. The first kappa shape index (κ1) is 10.8. The Morgan fingerprint density at radius 1 is 1.29 bits per heavy atom. The molecule has 17 heavy (non-hydrogen) atoms. The molecule has 2 aliphatic heterocycles. The van der Waals surface area contributed by atoms with Gasteiger partial charge in [-0.05, 0) is 37.6 Å². The first-order valence-corrected chi connectivity index (χ1v) is 6.36. The average Bonchev–Trinajstić information content (AvgIpc) is 2.87. The Morgan fingerprint density at radius 2 is 2.12 bits per heavy atom. The van der Waals surface area contributed by atoms with E-state index in [1.807, 2.05) is 12.1 Å². The SMILES string of the molecule is O=C(c1cccc2c1OCC2)C1CCNCC1. The van der Waals surface area contributed by atoms with Gasteiger partial charge in [-0.15, -0.1) is 0 Å². The molecule has 3 rings (SSSR count). The minimum Gasteiger partial charge on any atom is -0.492 e. The van der Waals surface area contributed by atoms with Gasteiger partial charge in [-0.1, -0.05) is 12.1 Å². The molecule has 0 aromatic heterocycles. The molecule has 0 saturated carbocycles. The fourth-order valence-electron chi connectivity index (χ4n) is 2.71. The molecule has 0 unspecified atom stereocenters. The molecular weight excluding hydrogens is 214 g/mol. The number of nitrogens with one attached hydrogen (secondary N) is 1. The van der Waals surface area contributed by atoms with Gasteiger partial charge in [-0.2, -0.15) is 0 Å². The van der Waals surface area contributed by atoms with Crippen molar-refractivity contribution >= 4 is 5.78 Å². The Hall–Kier alpha value is -1.35. The highest BCUT2D eigenvalue weighted by Crippen LogP contribution is 2.32. The van der Waals surface area contributed by atoms with Gasteiger partial charge in [0.2, 0.25) is 0 Å². The number of rotatable bonds is 2. The monoisotopic (exact) mass is 231 g/mol. The molecular formula is C14H17NO2. The highest BCUT2D eigenvalue weighted by molar-refractivity contribution is 6.00. The lowest BCUT2D eigenvalue weighted by Gasteiger charge is -2.22. The van der Waals surface area contributed by atoms with Gasteiger partial charge >= 0.3 is 0 Å². The number of fused-ring (bicyclic) bond motifs is 1. The normalized spacial score (nSPS) is 19.8. The van der Waals surface area contributed by atoms with E-state index in [0.29, 0.717) is 6.61 Å². The van der Waals surface area contributed by atoms with Gasteiger partial charge in [0.05, 0.1) is 12.2 Å². The van der Waals surface area contributed by atoms with E-state index in [2.05, 4.69) is 11.4 Å². The summed E-state index contributed by atoms with van der Waals surface area (Å²) < 4.78 is 5.61. The van der Waals surface area contributed by atoms with E-state index in [9.17, 15) is 4.79 Å². The summed E-state index contributed by atoms with van der Waals surface area (Å²) in [5, 5.41) is 3.29. The summed E-state index contributed by atoms with van der Waals surface area (Å²) in [6.45, 7) is 2.62. The van der Waals surface area contributed by atoms with E-state index in [0.717, 1.165) is 43.7 Å².